The topological polar surface area (TPSA) is 87.0 Å². The molecule has 2 aromatic rings. The second kappa shape index (κ2) is 8.64. The van der Waals surface area contributed by atoms with Crippen LogP contribution in [-0.2, 0) is 12.3 Å². The van der Waals surface area contributed by atoms with Crippen LogP contribution in [0.15, 0.2) is 54.6 Å². The van der Waals surface area contributed by atoms with Gasteiger partial charge in [-0.2, -0.15) is 8.78 Å². The highest BCUT2D eigenvalue weighted by Crippen LogP contribution is 2.44. The molecule has 170 valence electrons. The van der Waals surface area contributed by atoms with Gasteiger partial charge in [0.05, 0.1) is 11.7 Å². The van der Waals surface area contributed by atoms with Crippen LogP contribution in [0.4, 0.5) is 8.78 Å². The zero-order valence-corrected chi connectivity index (χ0v) is 17.6. The molecule has 5 nitrogen and oxygen atoms in total. The number of aliphatic hydroxyl groups is 2. The standard InChI is InChI=1S/C25H26F2O5/c1-14-17(24(30)31)9-7-15-8-10-19-18(20(28)13-21(19)32-23(14)15)11-12-22(29)25(26,27)16-5-3-2-4-6-16/h2-7,9,11-12,18-22,28-29H,8,10,13H2,1H3,(H,30,31)/b12-11+/t18-,19-,20-,21+,22?/m1/s1. The molecule has 0 saturated heterocycles. The van der Waals surface area contributed by atoms with Crippen molar-refractivity contribution in [1.29, 1.82) is 0 Å². The molecule has 1 saturated carbocycles. The summed E-state index contributed by atoms with van der Waals surface area (Å²) < 4.78 is 35.4. The van der Waals surface area contributed by atoms with Crippen LogP contribution in [0.5, 0.6) is 5.75 Å². The van der Waals surface area contributed by atoms with Crippen LogP contribution in [0.2, 0.25) is 0 Å². The van der Waals surface area contributed by atoms with Crippen molar-refractivity contribution >= 4 is 5.97 Å². The Balaban J connectivity index is 1.54. The van der Waals surface area contributed by atoms with Gasteiger partial charge in [-0.15, -0.1) is 0 Å². The molecule has 1 aliphatic carbocycles. The highest BCUT2D eigenvalue weighted by Gasteiger charge is 2.45. The summed E-state index contributed by atoms with van der Waals surface area (Å²) in [6.07, 6.45) is 0.929. The summed E-state index contributed by atoms with van der Waals surface area (Å²) in [5.41, 5.74) is 1.33. The lowest BCUT2D eigenvalue weighted by atomic mass is 9.87. The van der Waals surface area contributed by atoms with Crippen molar-refractivity contribution in [2.75, 3.05) is 0 Å². The van der Waals surface area contributed by atoms with E-state index in [1.54, 1.807) is 25.1 Å². The van der Waals surface area contributed by atoms with E-state index in [0.717, 1.165) is 11.6 Å². The summed E-state index contributed by atoms with van der Waals surface area (Å²) in [5, 5.41) is 30.2. The predicted octanol–water partition coefficient (Wildman–Crippen LogP) is 4.09. The van der Waals surface area contributed by atoms with E-state index in [4.69, 9.17) is 4.74 Å². The van der Waals surface area contributed by atoms with E-state index >= 15 is 0 Å². The second-order valence-corrected chi connectivity index (χ2v) is 8.59. The van der Waals surface area contributed by atoms with E-state index < -0.39 is 30.0 Å². The van der Waals surface area contributed by atoms with Gasteiger partial charge in [0, 0.05) is 29.4 Å². The zero-order valence-electron chi connectivity index (χ0n) is 17.6. The number of carbonyl (C=O) groups is 1. The number of carboxylic acids is 1. The van der Waals surface area contributed by atoms with E-state index in [0.29, 0.717) is 30.6 Å². The fraction of sp³-hybridized carbons (Fsp3) is 0.400. The molecule has 0 radical (unpaired) electrons. The maximum atomic E-state index is 14.6. The SMILES string of the molecule is Cc1c(C(=O)O)ccc2c1O[C@H]1C[C@@H](O)[C@H](/C=C/C(O)C(F)(F)c3ccccc3)[C@H]1CC2. The number of halogens is 2. The number of rotatable bonds is 5. The van der Waals surface area contributed by atoms with Crippen LogP contribution in [0.3, 0.4) is 0 Å². The number of carboxylic acid groups (broad SMARTS) is 1. The number of aryl methyl sites for hydroxylation is 1. The number of alkyl halides is 2. The zero-order chi connectivity index (χ0) is 23.0. The van der Waals surface area contributed by atoms with Gasteiger partial charge in [0.25, 0.3) is 0 Å². The number of ether oxygens (including phenoxy) is 1. The van der Waals surface area contributed by atoms with Crippen molar-refractivity contribution < 1.29 is 33.6 Å². The van der Waals surface area contributed by atoms with Crippen molar-refractivity contribution in [3.8, 4) is 5.75 Å². The number of benzene rings is 2. The van der Waals surface area contributed by atoms with Gasteiger partial charge in [0.2, 0.25) is 0 Å². The smallest absolute Gasteiger partial charge is 0.336 e. The third kappa shape index (κ3) is 4.02. The summed E-state index contributed by atoms with van der Waals surface area (Å²) >= 11 is 0. The molecular formula is C25H26F2O5. The number of fused-ring (bicyclic) bond motifs is 2. The van der Waals surface area contributed by atoms with Gasteiger partial charge < -0.3 is 20.1 Å². The molecule has 2 aromatic carbocycles. The van der Waals surface area contributed by atoms with E-state index in [9.17, 15) is 28.9 Å². The first-order chi connectivity index (χ1) is 15.2. The summed E-state index contributed by atoms with van der Waals surface area (Å²) in [6, 6.07) is 10.4. The highest BCUT2D eigenvalue weighted by atomic mass is 19.3. The predicted molar refractivity (Wildman–Crippen MR) is 114 cm³/mol. The molecule has 0 aromatic heterocycles. The molecule has 1 unspecified atom stereocenters. The molecule has 0 amide bonds. The molecule has 5 atom stereocenters. The third-order valence-electron chi connectivity index (χ3n) is 6.67. The Hall–Kier alpha value is -2.77. The lowest BCUT2D eigenvalue weighted by Crippen LogP contribution is -2.30. The van der Waals surface area contributed by atoms with Gasteiger partial charge in [-0.3, -0.25) is 0 Å². The minimum atomic E-state index is -3.46. The number of hydrogen-bond acceptors (Lipinski definition) is 4. The first kappa shape index (κ1) is 22.4. The first-order valence-electron chi connectivity index (χ1n) is 10.7. The molecule has 0 spiro atoms. The molecule has 4 rings (SSSR count). The summed E-state index contributed by atoms with van der Waals surface area (Å²) in [7, 11) is 0. The number of aromatic carboxylic acids is 1. The van der Waals surface area contributed by atoms with E-state index in [1.807, 2.05) is 0 Å². The highest BCUT2D eigenvalue weighted by molar-refractivity contribution is 5.90. The Morgan fingerprint density at radius 1 is 1.22 bits per heavy atom. The minimum Gasteiger partial charge on any atom is -0.489 e. The van der Waals surface area contributed by atoms with Crippen molar-refractivity contribution in [2.45, 2.75) is 50.4 Å². The number of aliphatic hydroxyl groups excluding tert-OH is 2. The minimum absolute atomic E-state index is 0.140. The largest absolute Gasteiger partial charge is 0.489 e. The molecular weight excluding hydrogens is 418 g/mol. The Labute approximate surface area is 185 Å². The molecule has 1 fully saturated rings. The summed E-state index contributed by atoms with van der Waals surface area (Å²) in [4.78, 5) is 11.5. The van der Waals surface area contributed by atoms with Gasteiger partial charge >= 0.3 is 11.9 Å². The maximum absolute atomic E-state index is 14.6. The molecule has 1 aliphatic heterocycles. The van der Waals surface area contributed by atoms with Gasteiger partial charge in [-0.05, 0) is 31.4 Å². The Bertz CT molecular complexity index is 1020. The van der Waals surface area contributed by atoms with Crippen LogP contribution in [0, 0.1) is 18.8 Å². The van der Waals surface area contributed by atoms with Crippen molar-refractivity contribution in [3.05, 3.63) is 76.9 Å². The molecule has 1 heterocycles. The average Bonchev–Trinajstić information content (AvgIpc) is 2.94. The van der Waals surface area contributed by atoms with Crippen LogP contribution in [-0.4, -0.2) is 39.6 Å². The lowest BCUT2D eigenvalue weighted by Gasteiger charge is -2.23. The molecule has 2 aliphatic rings. The van der Waals surface area contributed by atoms with Crippen LogP contribution in [0.1, 0.15) is 39.9 Å². The fourth-order valence-corrected chi connectivity index (χ4v) is 4.89. The maximum Gasteiger partial charge on any atom is 0.336 e. The number of hydrogen-bond donors (Lipinski definition) is 3. The van der Waals surface area contributed by atoms with E-state index in [2.05, 4.69) is 0 Å². The van der Waals surface area contributed by atoms with Gasteiger partial charge in [-0.1, -0.05) is 48.6 Å². The molecule has 7 heteroatoms. The monoisotopic (exact) mass is 444 g/mol. The van der Waals surface area contributed by atoms with Crippen molar-refractivity contribution in [1.82, 2.24) is 0 Å². The Morgan fingerprint density at radius 3 is 2.62 bits per heavy atom. The Morgan fingerprint density at radius 2 is 1.94 bits per heavy atom. The summed E-state index contributed by atoms with van der Waals surface area (Å²) in [6.45, 7) is 1.70. The van der Waals surface area contributed by atoms with Crippen LogP contribution in [0.25, 0.3) is 0 Å². The normalized spacial score (nSPS) is 26.2. The lowest BCUT2D eigenvalue weighted by molar-refractivity contribution is -0.0930. The van der Waals surface area contributed by atoms with Gasteiger partial charge in [-0.25, -0.2) is 4.79 Å². The molecule has 32 heavy (non-hydrogen) atoms. The summed E-state index contributed by atoms with van der Waals surface area (Å²) in [5.74, 6) is -4.55. The van der Waals surface area contributed by atoms with Crippen molar-refractivity contribution in [2.24, 2.45) is 11.8 Å². The first-order valence-corrected chi connectivity index (χ1v) is 10.7. The molecule has 3 N–H and O–H groups in total. The third-order valence-corrected chi connectivity index (χ3v) is 6.67. The van der Waals surface area contributed by atoms with Crippen molar-refractivity contribution in [3.63, 3.8) is 0 Å². The van der Waals surface area contributed by atoms with Crippen LogP contribution >= 0.6 is 0 Å². The average molecular weight is 444 g/mol. The quantitative estimate of drug-likeness (QED) is 0.605. The van der Waals surface area contributed by atoms with Gasteiger partial charge in [0.1, 0.15) is 18.0 Å². The van der Waals surface area contributed by atoms with E-state index in [1.165, 1.54) is 30.3 Å². The molecule has 0 bridgehead atoms. The Kier molecular flexibility index (Phi) is 6.05. The van der Waals surface area contributed by atoms with E-state index in [-0.39, 0.29) is 23.1 Å². The second-order valence-electron chi connectivity index (χ2n) is 8.59. The fourth-order valence-electron chi connectivity index (χ4n) is 4.89. The van der Waals surface area contributed by atoms with Crippen LogP contribution < -0.4 is 4.74 Å². The van der Waals surface area contributed by atoms with Gasteiger partial charge in [0.15, 0.2) is 0 Å².